The normalized spacial score (nSPS) is 11.6. The first-order valence-electron chi connectivity index (χ1n) is 10.2. The minimum Gasteiger partial charge on any atom is -0.357 e. The van der Waals surface area contributed by atoms with Crippen LogP contribution in [0.15, 0.2) is 77.7 Å². The molecule has 0 aliphatic rings. The van der Waals surface area contributed by atoms with Crippen LogP contribution in [0, 0.1) is 0 Å². The summed E-state index contributed by atoms with van der Waals surface area (Å²) in [5.41, 5.74) is 1.67. The van der Waals surface area contributed by atoms with E-state index < -0.39 is 6.04 Å². The third-order valence-electron chi connectivity index (χ3n) is 5.05. The number of halogens is 3. The second kappa shape index (κ2) is 12.3. The molecule has 33 heavy (non-hydrogen) atoms. The van der Waals surface area contributed by atoms with Crippen molar-refractivity contribution in [1.82, 2.24) is 10.2 Å². The zero-order valence-corrected chi connectivity index (χ0v) is 21.0. The van der Waals surface area contributed by atoms with Gasteiger partial charge in [-0.2, -0.15) is 0 Å². The number of hydrogen-bond acceptors (Lipinski definition) is 3. The quantitative estimate of drug-likeness (QED) is 0.345. The van der Waals surface area contributed by atoms with Gasteiger partial charge in [0.1, 0.15) is 6.04 Å². The summed E-state index contributed by atoms with van der Waals surface area (Å²) in [5.74, 6) is -0.256. The molecule has 3 aromatic carbocycles. The van der Waals surface area contributed by atoms with Crippen LogP contribution in [0.1, 0.15) is 11.1 Å². The van der Waals surface area contributed by atoms with Crippen molar-refractivity contribution in [3.8, 4) is 0 Å². The molecule has 0 spiro atoms. The van der Waals surface area contributed by atoms with Crippen LogP contribution in [0.3, 0.4) is 0 Å². The van der Waals surface area contributed by atoms with Gasteiger partial charge in [0.25, 0.3) is 0 Å². The molecular formula is C25H23Cl3N2O2S. The molecule has 0 aliphatic carbocycles. The second-order valence-electron chi connectivity index (χ2n) is 7.32. The molecule has 2 amide bonds. The number of thioether (sulfide) groups is 1. The average Bonchev–Trinajstić information content (AvgIpc) is 2.82. The molecule has 0 heterocycles. The van der Waals surface area contributed by atoms with Crippen LogP contribution in [0.25, 0.3) is 0 Å². The van der Waals surface area contributed by atoms with Gasteiger partial charge in [-0.3, -0.25) is 9.59 Å². The number of benzene rings is 3. The van der Waals surface area contributed by atoms with Crippen LogP contribution in [0.4, 0.5) is 0 Å². The summed E-state index contributed by atoms with van der Waals surface area (Å²) in [6.45, 7) is 0.181. The number of nitrogens with one attached hydrogen (secondary N) is 1. The van der Waals surface area contributed by atoms with E-state index in [1.54, 1.807) is 42.3 Å². The van der Waals surface area contributed by atoms with E-state index in [-0.39, 0.29) is 24.1 Å². The monoisotopic (exact) mass is 520 g/mol. The largest absolute Gasteiger partial charge is 0.357 e. The molecule has 1 unspecified atom stereocenters. The first-order valence-corrected chi connectivity index (χ1v) is 12.4. The molecule has 0 saturated carbocycles. The summed E-state index contributed by atoms with van der Waals surface area (Å²) in [6.07, 6.45) is 0.378. The highest BCUT2D eigenvalue weighted by Gasteiger charge is 2.30. The molecule has 0 aliphatic heterocycles. The van der Waals surface area contributed by atoms with Crippen molar-refractivity contribution < 1.29 is 9.59 Å². The summed E-state index contributed by atoms with van der Waals surface area (Å²) in [4.78, 5) is 28.9. The fraction of sp³-hybridized carbons (Fsp3) is 0.200. The minimum absolute atomic E-state index is 0.162. The van der Waals surface area contributed by atoms with Crippen molar-refractivity contribution in [2.24, 2.45) is 0 Å². The summed E-state index contributed by atoms with van der Waals surface area (Å²) in [5, 5.41) is 4.29. The number of hydrogen-bond donors (Lipinski definition) is 1. The van der Waals surface area contributed by atoms with Crippen molar-refractivity contribution in [2.45, 2.75) is 23.9 Å². The van der Waals surface area contributed by atoms with Crippen molar-refractivity contribution in [3.05, 3.63) is 99.0 Å². The molecule has 3 aromatic rings. The van der Waals surface area contributed by atoms with Gasteiger partial charge >= 0.3 is 0 Å². The van der Waals surface area contributed by atoms with Crippen molar-refractivity contribution >= 4 is 58.4 Å². The van der Waals surface area contributed by atoms with Crippen LogP contribution in [0.2, 0.25) is 15.1 Å². The molecule has 3 rings (SSSR count). The molecule has 0 radical (unpaired) electrons. The molecule has 172 valence electrons. The highest BCUT2D eigenvalue weighted by atomic mass is 35.5. The Morgan fingerprint density at radius 3 is 2.24 bits per heavy atom. The Morgan fingerprint density at radius 1 is 0.939 bits per heavy atom. The van der Waals surface area contributed by atoms with Crippen molar-refractivity contribution in [1.29, 1.82) is 0 Å². The molecule has 1 N–H and O–H groups in total. The highest BCUT2D eigenvalue weighted by molar-refractivity contribution is 8.00. The van der Waals surface area contributed by atoms with Crippen molar-refractivity contribution in [2.75, 3.05) is 12.8 Å². The summed E-state index contributed by atoms with van der Waals surface area (Å²) in [6, 6.07) is 21.3. The number of rotatable bonds is 9. The van der Waals surface area contributed by atoms with Crippen LogP contribution in [0.5, 0.6) is 0 Å². The van der Waals surface area contributed by atoms with E-state index in [0.717, 1.165) is 10.5 Å². The predicted molar refractivity (Wildman–Crippen MR) is 137 cm³/mol. The number of nitrogens with zero attached hydrogens (tertiary/aromatic N) is 1. The molecule has 0 aromatic heterocycles. The lowest BCUT2D eigenvalue weighted by Gasteiger charge is -2.31. The maximum absolute atomic E-state index is 13.4. The maximum Gasteiger partial charge on any atom is 0.242 e. The zero-order chi connectivity index (χ0) is 23.8. The van der Waals surface area contributed by atoms with E-state index in [1.807, 2.05) is 42.5 Å². The van der Waals surface area contributed by atoms with E-state index in [1.165, 1.54) is 11.8 Å². The van der Waals surface area contributed by atoms with Crippen LogP contribution in [-0.2, 0) is 22.6 Å². The van der Waals surface area contributed by atoms with Gasteiger partial charge < -0.3 is 10.2 Å². The van der Waals surface area contributed by atoms with Gasteiger partial charge in [-0.1, -0.05) is 71.2 Å². The summed E-state index contributed by atoms with van der Waals surface area (Å²) >= 11 is 19.8. The topological polar surface area (TPSA) is 49.4 Å². The predicted octanol–water partition coefficient (Wildman–Crippen LogP) is 6.13. The van der Waals surface area contributed by atoms with E-state index >= 15 is 0 Å². The number of likely N-dealkylation sites (N-methyl/N-ethyl adjacent to an activating group) is 1. The van der Waals surface area contributed by atoms with Gasteiger partial charge in [0.15, 0.2) is 0 Å². The lowest BCUT2D eigenvalue weighted by atomic mass is 10.0. The lowest BCUT2D eigenvalue weighted by Crippen LogP contribution is -2.50. The molecule has 8 heteroatoms. The smallest absolute Gasteiger partial charge is 0.242 e. The first kappa shape index (κ1) is 25.4. The molecule has 1 atom stereocenters. The van der Waals surface area contributed by atoms with Crippen LogP contribution >= 0.6 is 46.6 Å². The van der Waals surface area contributed by atoms with E-state index in [2.05, 4.69) is 5.32 Å². The van der Waals surface area contributed by atoms with Gasteiger partial charge in [0.2, 0.25) is 11.8 Å². The number of amides is 2. The first-order chi connectivity index (χ1) is 15.9. The minimum atomic E-state index is -0.706. The average molecular weight is 522 g/mol. The Hall–Kier alpha value is -2.18. The van der Waals surface area contributed by atoms with Gasteiger partial charge in [0.05, 0.1) is 5.75 Å². The van der Waals surface area contributed by atoms with Gasteiger partial charge in [-0.05, 0) is 47.5 Å². The van der Waals surface area contributed by atoms with Gasteiger partial charge in [0, 0.05) is 40.0 Å². The Balaban J connectivity index is 1.89. The van der Waals surface area contributed by atoms with Crippen LogP contribution in [-0.4, -0.2) is 35.6 Å². The zero-order valence-electron chi connectivity index (χ0n) is 17.9. The van der Waals surface area contributed by atoms with Gasteiger partial charge in [-0.25, -0.2) is 0 Å². The Labute approximate surface area is 213 Å². The molecule has 4 nitrogen and oxygen atoms in total. The molecule has 0 fully saturated rings. The Kier molecular flexibility index (Phi) is 9.51. The second-order valence-corrected chi connectivity index (χ2v) is 9.65. The highest BCUT2D eigenvalue weighted by Crippen LogP contribution is 2.26. The van der Waals surface area contributed by atoms with E-state index in [9.17, 15) is 9.59 Å². The maximum atomic E-state index is 13.4. The fourth-order valence-corrected chi connectivity index (χ4v) is 4.69. The number of carbonyl (C=O) groups is 2. The third kappa shape index (κ3) is 7.41. The van der Waals surface area contributed by atoms with E-state index in [4.69, 9.17) is 34.8 Å². The standard InChI is InChI=1S/C25H23Cl3N2O2S/c1-29-25(32)23(13-17-5-3-2-4-6-17)30(15-18-7-8-20(27)14-22(18)28)24(31)16-33-21-11-9-19(26)10-12-21/h2-12,14,23H,13,15-16H2,1H3,(H,29,32). The fourth-order valence-electron chi connectivity index (χ4n) is 3.31. The number of carbonyl (C=O) groups excluding carboxylic acids is 2. The molecular weight excluding hydrogens is 499 g/mol. The van der Waals surface area contributed by atoms with E-state index in [0.29, 0.717) is 27.1 Å². The molecule has 0 bridgehead atoms. The van der Waals surface area contributed by atoms with Crippen molar-refractivity contribution in [3.63, 3.8) is 0 Å². The Morgan fingerprint density at radius 2 is 1.61 bits per heavy atom. The lowest BCUT2D eigenvalue weighted by molar-refractivity contribution is -0.139. The third-order valence-corrected chi connectivity index (χ3v) is 6.88. The summed E-state index contributed by atoms with van der Waals surface area (Å²) < 4.78 is 0. The Bertz CT molecular complexity index is 1090. The SMILES string of the molecule is CNC(=O)C(Cc1ccccc1)N(Cc1ccc(Cl)cc1Cl)C(=O)CSc1ccc(Cl)cc1. The van der Waals surface area contributed by atoms with Crippen LogP contribution < -0.4 is 5.32 Å². The molecule has 0 saturated heterocycles. The van der Waals surface area contributed by atoms with Gasteiger partial charge in [-0.15, -0.1) is 11.8 Å². The summed E-state index contributed by atoms with van der Waals surface area (Å²) in [7, 11) is 1.57.